The Morgan fingerprint density at radius 1 is 1.27 bits per heavy atom. The Bertz CT molecular complexity index is 537. The Hall–Kier alpha value is -2.04. The van der Waals surface area contributed by atoms with Crippen LogP contribution in [0.1, 0.15) is 38.2 Å². The third kappa shape index (κ3) is 4.48. The summed E-state index contributed by atoms with van der Waals surface area (Å²) in [5.41, 5.74) is 1.71. The van der Waals surface area contributed by atoms with Crippen LogP contribution in [0.2, 0.25) is 0 Å². The van der Waals surface area contributed by atoms with Gasteiger partial charge in [0, 0.05) is 25.1 Å². The highest BCUT2D eigenvalue weighted by atomic mass is 16.5. The highest BCUT2D eigenvalue weighted by molar-refractivity contribution is 5.88. The summed E-state index contributed by atoms with van der Waals surface area (Å²) in [5.74, 6) is 1.01. The second-order valence-electron chi connectivity index (χ2n) is 5.73. The molecule has 0 saturated heterocycles. The second-order valence-corrected chi connectivity index (χ2v) is 5.73. The van der Waals surface area contributed by atoms with Gasteiger partial charge < -0.3 is 15.4 Å². The average Bonchev–Trinajstić information content (AvgIpc) is 3.01. The summed E-state index contributed by atoms with van der Waals surface area (Å²) < 4.78 is 5.34. The number of carbonyl (C=O) groups excluding carboxylic acids is 2. The lowest BCUT2D eigenvalue weighted by atomic mass is 10.1. The fourth-order valence-corrected chi connectivity index (χ4v) is 2.91. The van der Waals surface area contributed by atoms with Gasteiger partial charge in [0.1, 0.15) is 5.75 Å². The van der Waals surface area contributed by atoms with Crippen LogP contribution in [0.25, 0.3) is 0 Å². The van der Waals surface area contributed by atoms with Gasteiger partial charge >= 0.3 is 0 Å². The summed E-state index contributed by atoms with van der Waals surface area (Å²) >= 11 is 0. The van der Waals surface area contributed by atoms with E-state index in [0.717, 1.165) is 42.7 Å². The van der Waals surface area contributed by atoms with E-state index < -0.39 is 0 Å². The van der Waals surface area contributed by atoms with E-state index in [0.29, 0.717) is 13.0 Å². The van der Waals surface area contributed by atoms with Crippen molar-refractivity contribution in [2.45, 2.75) is 39.0 Å². The lowest BCUT2D eigenvalue weighted by Crippen LogP contribution is -2.31. The molecule has 1 aromatic rings. The molecule has 0 aliphatic heterocycles. The molecule has 2 amide bonds. The SMILES string of the molecule is COc1ccc(NC(C)=O)cc1CCNC(=O)C1CCCC1. The first-order valence-electron chi connectivity index (χ1n) is 7.82. The molecule has 0 unspecified atom stereocenters. The first-order valence-corrected chi connectivity index (χ1v) is 7.82. The summed E-state index contributed by atoms with van der Waals surface area (Å²) in [6, 6.07) is 5.53. The van der Waals surface area contributed by atoms with Crippen LogP contribution in [-0.2, 0) is 16.0 Å². The number of rotatable bonds is 6. The zero-order chi connectivity index (χ0) is 15.9. The van der Waals surface area contributed by atoms with Crippen LogP contribution in [0.4, 0.5) is 5.69 Å². The average molecular weight is 304 g/mol. The van der Waals surface area contributed by atoms with Crippen LogP contribution < -0.4 is 15.4 Å². The molecule has 0 bridgehead atoms. The number of nitrogens with one attached hydrogen (secondary N) is 2. The van der Waals surface area contributed by atoms with Gasteiger partial charge in [-0.25, -0.2) is 0 Å². The number of benzene rings is 1. The van der Waals surface area contributed by atoms with Gasteiger partial charge in [-0.05, 0) is 43.0 Å². The van der Waals surface area contributed by atoms with E-state index in [-0.39, 0.29) is 17.7 Å². The first-order chi connectivity index (χ1) is 10.6. The number of ether oxygens (including phenoxy) is 1. The van der Waals surface area contributed by atoms with Crippen LogP contribution in [0.15, 0.2) is 18.2 Å². The normalized spacial score (nSPS) is 14.6. The minimum atomic E-state index is -0.106. The van der Waals surface area contributed by atoms with E-state index in [1.807, 2.05) is 12.1 Å². The Morgan fingerprint density at radius 2 is 2.00 bits per heavy atom. The molecule has 2 N–H and O–H groups in total. The summed E-state index contributed by atoms with van der Waals surface area (Å²) in [6.45, 7) is 2.06. The molecule has 0 aromatic heterocycles. The Morgan fingerprint density at radius 3 is 2.64 bits per heavy atom. The van der Waals surface area contributed by atoms with Crippen molar-refractivity contribution in [3.8, 4) is 5.75 Å². The minimum absolute atomic E-state index is 0.106. The Kier molecular flexibility index (Phi) is 5.81. The van der Waals surface area contributed by atoms with Crippen molar-refractivity contribution in [2.75, 3.05) is 19.0 Å². The van der Waals surface area contributed by atoms with Gasteiger partial charge in [0.05, 0.1) is 7.11 Å². The topological polar surface area (TPSA) is 67.4 Å². The summed E-state index contributed by atoms with van der Waals surface area (Å²) in [4.78, 5) is 23.1. The number of amides is 2. The smallest absolute Gasteiger partial charge is 0.223 e. The van der Waals surface area contributed by atoms with E-state index in [1.54, 1.807) is 13.2 Å². The molecule has 1 fully saturated rings. The van der Waals surface area contributed by atoms with Gasteiger partial charge in [0.15, 0.2) is 0 Å². The standard InChI is InChI=1S/C17H24N2O3/c1-12(20)19-15-7-8-16(22-2)14(11-15)9-10-18-17(21)13-5-3-4-6-13/h7-8,11,13H,3-6,9-10H2,1-2H3,(H,18,21)(H,19,20). The number of anilines is 1. The molecule has 5 nitrogen and oxygen atoms in total. The van der Waals surface area contributed by atoms with Crippen LogP contribution in [0.3, 0.4) is 0 Å². The zero-order valence-corrected chi connectivity index (χ0v) is 13.3. The van der Waals surface area contributed by atoms with E-state index in [9.17, 15) is 9.59 Å². The summed E-state index contributed by atoms with van der Waals surface area (Å²) in [7, 11) is 1.62. The minimum Gasteiger partial charge on any atom is -0.496 e. The van der Waals surface area contributed by atoms with Crippen LogP contribution in [0, 0.1) is 5.92 Å². The molecule has 0 atom stereocenters. The fourth-order valence-electron chi connectivity index (χ4n) is 2.91. The van der Waals surface area contributed by atoms with Gasteiger partial charge in [0.25, 0.3) is 0 Å². The Balaban J connectivity index is 1.92. The molecule has 1 aliphatic rings. The van der Waals surface area contributed by atoms with E-state index >= 15 is 0 Å². The molecule has 22 heavy (non-hydrogen) atoms. The molecular weight excluding hydrogens is 280 g/mol. The quantitative estimate of drug-likeness (QED) is 0.848. The van der Waals surface area contributed by atoms with Crippen molar-refractivity contribution in [3.05, 3.63) is 23.8 Å². The van der Waals surface area contributed by atoms with Crippen molar-refractivity contribution in [2.24, 2.45) is 5.92 Å². The van der Waals surface area contributed by atoms with Crippen molar-refractivity contribution in [1.29, 1.82) is 0 Å². The second kappa shape index (κ2) is 7.82. The van der Waals surface area contributed by atoms with Crippen LogP contribution >= 0.6 is 0 Å². The number of methoxy groups -OCH3 is 1. The Labute approximate surface area is 131 Å². The summed E-state index contributed by atoms with van der Waals surface area (Å²) in [5, 5.41) is 5.76. The molecule has 0 heterocycles. The number of carbonyl (C=O) groups is 2. The molecule has 2 rings (SSSR count). The van der Waals surface area contributed by atoms with Gasteiger partial charge in [-0.2, -0.15) is 0 Å². The van der Waals surface area contributed by atoms with E-state index in [2.05, 4.69) is 10.6 Å². The molecule has 5 heteroatoms. The zero-order valence-electron chi connectivity index (χ0n) is 13.3. The maximum atomic E-state index is 12.0. The third-order valence-corrected chi connectivity index (χ3v) is 4.02. The molecule has 120 valence electrons. The van der Waals surface area contributed by atoms with Crippen molar-refractivity contribution < 1.29 is 14.3 Å². The van der Waals surface area contributed by atoms with Crippen molar-refractivity contribution in [3.63, 3.8) is 0 Å². The predicted molar refractivity (Wildman–Crippen MR) is 86.0 cm³/mol. The third-order valence-electron chi connectivity index (χ3n) is 4.02. The molecular formula is C17H24N2O3. The molecule has 0 radical (unpaired) electrons. The monoisotopic (exact) mass is 304 g/mol. The maximum Gasteiger partial charge on any atom is 0.223 e. The van der Waals surface area contributed by atoms with Crippen LogP contribution in [-0.4, -0.2) is 25.5 Å². The lowest BCUT2D eigenvalue weighted by molar-refractivity contribution is -0.124. The highest BCUT2D eigenvalue weighted by Crippen LogP contribution is 2.25. The van der Waals surface area contributed by atoms with Gasteiger partial charge in [-0.1, -0.05) is 12.8 Å². The predicted octanol–water partition coefficient (Wildman–Crippen LogP) is 2.50. The molecule has 1 aromatic carbocycles. The molecule has 1 aliphatic carbocycles. The van der Waals surface area contributed by atoms with Gasteiger partial charge in [-0.3, -0.25) is 9.59 Å². The van der Waals surface area contributed by atoms with Crippen LogP contribution in [0.5, 0.6) is 5.75 Å². The van der Waals surface area contributed by atoms with Crippen molar-refractivity contribution in [1.82, 2.24) is 5.32 Å². The van der Waals surface area contributed by atoms with E-state index in [4.69, 9.17) is 4.74 Å². The van der Waals surface area contributed by atoms with E-state index in [1.165, 1.54) is 6.92 Å². The summed E-state index contributed by atoms with van der Waals surface area (Å²) in [6.07, 6.45) is 5.00. The maximum absolute atomic E-state index is 12.0. The van der Waals surface area contributed by atoms with Gasteiger partial charge in [-0.15, -0.1) is 0 Å². The number of hydrogen-bond donors (Lipinski definition) is 2. The number of hydrogen-bond acceptors (Lipinski definition) is 3. The first kappa shape index (κ1) is 16.3. The fraction of sp³-hybridized carbons (Fsp3) is 0.529. The largest absolute Gasteiger partial charge is 0.496 e. The highest BCUT2D eigenvalue weighted by Gasteiger charge is 2.22. The molecule has 0 spiro atoms. The lowest BCUT2D eigenvalue weighted by Gasteiger charge is -2.13. The van der Waals surface area contributed by atoms with Crippen molar-refractivity contribution >= 4 is 17.5 Å². The molecule has 1 saturated carbocycles. The van der Waals surface area contributed by atoms with Gasteiger partial charge in [0.2, 0.25) is 11.8 Å².